The van der Waals surface area contributed by atoms with Gasteiger partial charge >= 0.3 is 14.7 Å². The molecule has 7 heteroatoms. The smallest absolute Gasteiger partial charge is 0.399 e. The molecule has 1 aliphatic heterocycles. The fourth-order valence-corrected chi connectivity index (χ4v) is 4.37. The molecule has 0 unspecified atom stereocenters. The van der Waals surface area contributed by atoms with Gasteiger partial charge in [0.15, 0.2) is 0 Å². The van der Waals surface area contributed by atoms with Crippen LogP contribution in [-0.2, 0) is 22.9 Å². The second-order valence-electron chi connectivity index (χ2n) is 6.98. The van der Waals surface area contributed by atoms with Crippen LogP contribution in [0.15, 0.2) is 18.2 Å². The molecule has 0 spiro atoms. The van der Waals surface area contributed by atoms with E-state index in [2.05, 4.69) is 0 Å². The van der Waals surface area contributed by atoms with Gasteiger partial charge in [0.1, 0.15) is 0 Å². The molecular weight excluding hydrogens is 326 g/mol. The molecule has 2 rings (SSSR count). The van der Waals surface area contributed by atoms with Crippen molar-refractivity contribution in [3.8, 4) is 0 Å². The van der Waals surface area contributed by atoms with Crippen molar-refractivity contribution >= 4 is 25.5 Å². The predicted octanol–water partition coefficient (Wildman–Crippen LogP) is 3.19. The molecule has 1 aromatic carbocycles. The van der Waals surface area contributed by atoms with E-state index in [1.807, 2.05) is 46.8 Å². The van der Waals surface area contributed by atoms with Gasteiger partial charge in [-0.3, -0.25) is 4.57 Å². The van der Waals surface area contributed by atoms with E-state index in [9.17, 15) is 4.57 Å². The predicted molar refractivity (Wildman–Crippen MR) is 97.4 cm³/mol. The minimum Gasteiger partial charge on any atom is -0.399 e. The zero-order valence-corrected chi connectivity index (χ0v) is 16.6. The summed E-state index contributed by atoms with van der Waals surface area (Å²) < 4.78 is 36.6. The molecule has 0 N–H and O–H groups in total. The molecule has 0 atom stereocenters. The summed E-state index contributed by atoms with van der Waals surface area (Å²) in [6.45, 7) is 14.1. The molecular formula is C17H28BO5P. The number of benzene rings is 1. The zero-order valence-electron chi connectivity index (χ0n) is 15.7. The molecule has 0 aliphatic carbocycles. The van der Waals surface area contributed by atoms with E-state index in [4.69, 9.17) is 18.4 Å². The van der Waals surface area contributed by atoms with Crippen LogP contribution in [0.3, 0.4) is 0 Å². The Morgan fingerprint density at radius 1 is 1.04 bits per heavy atom. The monoisotopic (exact) mass is 354 g/mol. The Balaban J connectivity index is 2.52. The molecule has 0 radical (unpaired) electrons. The Morgan fingerprint density at radius 3 is 2.00 bits per heavy atom. The molecule has 24 heavy (non-hydrogen) atoms. The van der Waals surface area contributed by atoms with Crippen molar-refractivity contribution in [2.45, 2.75) is 59.7 Å². The zero-order chi connectivity index (χ0) is 18.2. The van der Waals surface area contributed by atoms with Crippen molar-refractivity contribution in [3.63, 3.8) is 0 Å². The highest BCUT2D eigenvalue weighted by atomic mass is 31.2. The van der Waals surface area contributed by atoms with Gasteiger partial charge in [0.2, 0.25) is 0 Å². The summed E-state index contributed by atoms with van der Waals surface area (Å²) in [6, 6.07) is 5.62. The largest absolute Gasteiger partial charge is 0.495 e. The Bertz CT molecular complexity index is 618. The fraction of sp³-hybridized carbons (Fsp3) is 0.647. The number of aryl methyl sites for hydroxylation is 1. The Kier molecular flexibility index (Phi) is 5.68. The van der Waals surface area contributed by atoms with Gasteiger partial charge < -0.3 is 18.4 Å². The molecule has 0 saturated carbocycles. The van der Waals surface area contributed by atoms with Crippen molar-refractivity contribution < 1.29 is 22.9 Å². The van der Waals surface area contributed by atoms with Crippen molar-refractivity contribution in [3.05, 3.63) is 23.8 Å². The lowest BCUT2D eigenvalue weighted by molar-refractivity contribution is 0.00578. The molecule has 1 aliphatic rings. The number of hydrogen-bond donors (Lipinski definition) is 0. The molecule has 1 saturated heterocycles. The molecule has 0 amide bonds. The number of rotatable bonds is 6. The third kappa shape index (κ3) is 3.63. The van der Waals surface area contributed by atoms with E-state index in [1.165, 1.54) is 0 Å². The van der Waals surface area contributed by atoms with E-state index in [1.54, 1.807) is 19.9 Å². The lowest BCUT2D eigenvalue weighted by Gasteiger charge is -2.32. The lowest BCUT2D eigenvalue weighted by Crippen LogP contribution is -2.43. The van der Waals surface area contributed by atoms with Gasteiger partial charge in [-0.1, -0.05) is 17.7 Å². The lowest BCUT2D eigenvalue weighted by atomic mass is 9.78. The van der Waals surface area contributed by atoms with Gasteiger partial charge in [0.05, 0.1) is 29.7 Å². The third-order valence-electron chi connectivity index (χ3n) is 4.58. The molecule has 5 nitrogen and oxygen atoms in total. The van der Waals surface area contributed by atoms with Crippen molar-refractivity contribution in [1.82, 2.24) is 0 Å². The molecule has 1 heterocycles. The minimum atomic E-state index is -3.43. The first kappa shape index (κ1) is 19.7. The molecule has 1 aromatic rings. The van der Waals surface area contributed by atoms with Gasteiger partial charge in [-0.05, 0) is 60.0 Å². The maximum atomic E-state index is 13.3. The Labute approximate surface area is 145 Å². The maximum absolute atomic E-state index is 13.3. The normalized spacial score (nSPS) is 19.7. The Hall–Kier alpha value is -0.645. The Morgan fingerprint density at radius 2 is 1.54 bits per heavy atom. The molecule has 134 valence electrons. The highest BCUT2D eigenvalue weighted by Crippen LogP contribution is 2.47. The second-order valence-corrected chi connectivity index (χ2v) is 8.98. The van der Waals surface area contributed by atoms with Crippen LogP contribution in [0, 0.1) is 6.92 Å². The van der Waals surface area contributed by atoms with Crippen LogP contribution < -0.4 is 10.8 Å². The van der Waals surface area contributed by atoms with E-state index in [0.717, 1.165) is 5.56 Å². The number of hydrogen-bond acceptors (Lipinski definition) is 5. The van der Waals surface area contributed by atoms with E-state index in [-0.39, 0.29) is 0 Å². The standard InChI is InChI=1S/C17H28BO5P/c1-8-20-24(19,21-9-2)15-11-10-13(3)12-14(15)18-22-16(4,5)17(6,7)23-18/h10-12H,8-9H2,1-7H3. The third-order valence-corrected chi connectivity index (χ3v) is 6.78. The molecule has 0 aromatic heterocycles. The fourth-order valence-electron chi connectivity index (χ4n) is 2.60. The highest BCUT2D eigenvalue weighted by molar-refractivity contribution is 7.62. The summed E-state index contributed by atoms with van der Waals surface area (Å²) in [6.07, 6.45) is 0. The summed E-state index contributed by atoms with van der Waals surface area (Å²) in [4.78, 5) is 0. The first-order valence-corrected chi connectivity index (χ1v) is 9.96. The highest BCUT2D eigenvalue weighted by Gasteiger charge is 2.53. The topological polar surface area (TPSA) is 54.0 Å². The summed E-state index contributed by atoms with van der Waals surface area (Å²) in [5, 5.41) is 0.510. The SMILES string of the molecule is CCOP(=O)(OCC)c1ccc(C)cc1B1OC(C)(C)C(C)(C)O1. The summed E-state index contributed by atoms with van der Waals surface area (Å²) in [7, 11) is -4.04. The van der Waals surface area contributed by atoms with Gasteiger partial charge in [0.25, 0.3) is 0 Å². The average Bonchev–Trinajstić information content (AvgIpc) is 2.67. The summed E-state index contributed by atoms with van der Waals surface area (Å²) in [5.41, 5.74) is 0.793. The van der Waals surface area contributed by atoms with E-state index >= 15 is 0 Å². The first-order valence-electron chi connectivity index (χ1n) is 8.42. The molecule has 1 fully saturated rings. The van der Waals surface area contributed by atoms with Crippen molar-refractivity contribution in [1.29, 1.82) is 0 Å². The quantitative estimate of drug-likeness (QED) is 0.580. The van der Waals surface area contributed by atoms with Crippen LogP contribution >= 0.6 is 7.60 Å². The van der Waals surface area contributed by atoms with Gasteiger partial charge in [0, 0.05) is 0 Å². The van der Waals surface area contributed by atoms with Gasteiger partial charge in [-0.25, -0.2) is 0 Å². The summed E-state index contributed by atoms with van der Waals surface area (Å²) >= 11 is 0. The molecule has 0 bridgehead atoms. The van der Waals surface area contributed by atoms with Crippen LogP contribution in [0.5, 0.6) is 0 Å². The van der Waals surface area contributed by atoms with Crippen LogP contribution in [0.1, 0.15) is 47.1 Å². The van der Waals surface area contributed by atoms with Crippen LogP contribution in [0.4, 0.5) is 0 Å². The first-order chi connectivity index (χ1) is 11.1. The van der Waals surface area contributed by atoms with Crippen molar-refractivity contribution in [2.24, 2.45) is 0 Å². The van der Waals surface area contributed by atoms with Crippen LogP contribution in [0.2, 0.25) is 0 Å². The van der Waals surface area contributed by atoms with Crippen LogP contribution in [-0.4, -0.2) is 31.5 Å². The second kappa shape index (κ2) is 6.93. The van der Waals surface area contributed by atoms with E-state index < -0.39 is 25.9 Å². The van der Waals surface area contributed by atoms with Crippen LogP contribution in [0.25, 0.3) is 0 Å². The minimum absolute atomic E-state index is 0.300. The van der Waals surface area contributed by atoms with Crippen molar-refractivity contribution in [2.75, 3.05) is 13.2 Å². The maximum Gasteiger partial charge on any atom is 0.495 e. The average molecular weight is 354 g/mol. The van der Waals surface area contributed by atoms with E-state index in [0.29, 0.717) is 24.0 Å². The van der Waals surface area contributed by atoms with Gasteiger partial charge in [-0.2, -0.15) is 0 Å². The summed E-state index contributed by atoms with van der Waals surface area (Å²) in [5.74, 6) is 0. The van der Waals surface area contributed by atoms with Gasteiger partial charge in [-0.15, -0.1) is 0 Å².